The molecule has 2 atom stereocenters. The van der Waals surface area contributed by atoms with E-state index in [1.54, 1.807) is 0 Å². The minimum atomic E-state index is -0.251. The third-order valence-corrected chi connectivity index (χ3v) is 5.92. The van der Waals surface area contributed by atoms with Gasteiger partial charge in [0.2, 0.25) is 11.8 Å². The highest BCUT2D eigenvalue weighted by molar-refractivity contribution is 6.07. The van der Waals surface area contributed by atoms with E-state index < -0.39 is 0 Å². The molecule has 2 bridgehead atoms. The molecule has 1 heterocycles. The van der Waals surface area contributed by atoms with Crippen molar-refractivity contribution in [3.8, 4) is 0 Å². The molecule has 2 amide bonds. The van der Waals surface area contributed by atoms with E-state index >= 15 is 0 Å². The molecule has 2 aromatic carbocycles. The van der Waals surface area contributed by atoms with E-state index in [-0.39, 0.29) is 35.5 Å². The second-order valence-corrected chi connectivity index (χ2v) is 6.95. The minimum Gasteiger partial charge on any atom is -0.356 e. The Morgan fingerprint density at radius 3 is 1.46 bits per heavy atom. The molecule has 6 rings (SSSR count). The van der Waals surface area contributed by atoms with Gasteiger partial charge in [-0.15, -0.1) is 0 Å². The van der Waals surface area contributed by atoms with Crippen LogP contribution in [0.25, 0.3) is 0 Å². The van der Waals surface area contributed by atoms with Crippen LogP contribution in [0.3, 0.4) is 0 Å². The van der Waals surface area contributed by atoms with Gasteiger partial charge >= 0.3 is 0 Å². The van der Waals surface area contributed by atoms with Crippen LogP contribution in [0.15, 0.2) is 48.5 Å². The zero-order valence-corrected chi connectivity index (χ0v) is 13.3. The van der Waals surface area contributed by atoms with Crippen molar-refractivity contribution < 1.29 is 15.3 Å². The second-order valence-electron chi connectivity index (χ2n) is 6.95. The SMILES string of the molecule is [NH3+]CCN1C(=O)[C@@H]2C3c4ccccc4C(c4ccccc43)[C@@H]2C1=O. The van der Waals surface area contributed by atoms with Crippen molar-refractivity contribution in [1.29, 1.82) is 0 Å². The smallest absolute Gasteiger partial charge is 0.234 e. The van der Waals surface area contributed by atoms with Crippen molar-refractivity contribution in [3.63, 3.8) is 0 Å². The van der Waals surface area contributed by atoms with E-state index in [2.05, 4.69) is 30.0 Å². The van der Waals surface area contributed by atoms with Crippen molar-refractivity contribution in [2.24, 2.45) is 11.8 Å². The van der Waals surface area contributed by atoms with E-state index in [9.17, 15) is 9.59 Å². The zero-order valence-electron chi connectivity index (χ0n) is 13.3. The van der Waals surface area contributed by atoms with Gasteiger partial charge in [-0.2, -0.15) is 0 Å². The maximum Gasteiger partial charge on any atom is 0.234 e. The summed E-state index contributed by atoms with van der Waals surface area (Å²) >= 11 is 0. The molecule has 1 fully saturated rings. The van der Waals surface area contributed by atoms with Crippen molar-refractivity contribution >= 4 is 11.8 Å². The van der Waals surface area contributed by atoms with Crippen LogP contribution in [0, 0.1) is 11.8 Å². The Hall–Kier alpha value is -2.46. The molecule has 0 saturated carbocycles. The van der Waals surface area contributed by atoms with Crippen LogP contribution in [-0.4, -0.2) is 29.8 Å². The lowest BCUT2D eigenvalue weighted by Gasteiger charge is -2.45. The Morgan fingerprint density at radius 1 is 0.750 bits per heavy atom. The molecule has 0 spiro atoms. The summed E-state index contributed by atoms with van der Waals surface area (Å²) in [5.41, 5.74) is 8.71. The third kappa shape index (κ3) is 1.52. The van der Waals surface area contributed by atoms with Gasteiger partial charge in [-0.25, -0.2) is 0 Å². The lowest BCUT2D eigenvalue weighted by atomic mass is 9.55. The number of hydrogen-bond donors (Lipinski definition) is 1. The van der Waals surface area contributed by atoms with Gasteiger partial charge in [0.1, 0.15) is 0 Å². The molecule has 1 aliphatic heterocycles. The van der Waals surface area contributed by atoms with E-state index in [0.717, 1.165) is 0 Å². The summed E-state index contributed by atoms with van der Waals surface area (Å²) < 4.78 is 0. The van der Waals surface area contributed by atoms with Gasteiger partial charge in [-0.3, -0.25) is 14.5 Å². The first-order valence-corrected chi connectivity index (χ1v) is 8.56. The van der Waals surface area contributed by atoms with Crippen molar-refractivity contribution in [2.45, 2.75) is 11.8 Å². The molecule has 0 radical (unpaired) electrons. The Morgan fingerprint density at radius 2 is 1.12 bits per heavy atom. The highest BCUT2D eigenvalue weighted by Gasteiger charge is 2.61. The fourth-order valence-corrected chi connectivity index (χ4v) is 5.12. The molecule has 120 valence electrons. The largest absolute Gasteiger partial charge is 0.356 e. The summed E-state index contributed by atoms with van der Waals surface area (Å²) in [5.74, 6) is -0.518. The van der Waals surface area contributed by atoms with Crippen LogP contribution in [0.4, 0.5) is 0 Å². The average Bonchev–Trinajstić information content (AvgIpc) is 2.88. The van der Waals surface area contributed by atoms with Gasteiger partial charge in [-0.1, -0.05) is 48.5 Å². The molecule has 4 heteroatoms. The first-order chi connectivity index (χ1) is 11.7. The molecule has 4 nitrogen and oxygen atoms in total. The van der Waals surface area contributed by atoms with Crippen LogP contribution in [-0.2, 0) is 9.59 Å². The van der Waals surface area contributed by atoms with Crippen LogP contribution in [0.2, 0.25) is 0 Å². The van der Waals surface area contributed by atoms with Gasteiger partial charge in [0, 0.05) is 11.8 Å². The van der Waals surface area contributed by atoms with Crippen molar-refractivity contribution in [2.75, 3.05) is 13.1 Å². The molecule has 4 aliphatic rings. The number of likely N-dealkylation sites (tertiary alicyclic amines) is 1. The normalized spacial score (nSPS) is 29.5. The van der Waals surface area contributed by atoms with Crippen LogP contribution >= 0.6 is 0 Å². The highest BCUT2D eigenvalue weighted by atomic mass is 16.2. The van der Waals surface area contributed by atoms with Crippen molar-refractivity contribution in [3.05, 3.63) is 70.8 Å². The predicted molar refractivity (Wildman–Crippen MR) is 88.0 cm³/mol. The summed E-state index contributed by atoms with van der Waals surface area (Å²) in [5, 5.41) is 0. The number of nitrogens with zero attached hydrogens (tertiary/aromatic N) is 1. The van der Waals surface area contributed by atoms with Gasteiger partial charge < -0.3 is 5.73 Å². The summed E-state index contributed by atoms with van der Waals surface area (Å²) in [4.78, 5) is 27.5. The fraction of sp³-hybridized carbons (Fsp3) is 0.300. The topological polar surface area (TPSA) is 65.0 Å². The number of carbonyl (C=O) groups is 2. The lowest BCUT2D eigenvalue weighted by molar-refractivity contribution is -0.367. The fourth-order valence-electron chi connectivity index (χ4n) is 5.12. The first kappa shape index (κ1) is 13.9. The molecule has 3 aliphatic carbocycles. The highest BCUT2D eigenvalue weighted by Crippen LogP contribution is 2.60. The number of carbonyl (C=O) groups excluding carboxylic acids is 2. The zero-order chi connectivity index (χ0) is 16.4. The standard InChI is InChI=1S/C20H18N2O2/c21-9-10-22-19(23)17-15-11-5-1-2-6-12(11)16(18(17)20(22)24)14-8-4-3-7-13(14)15/h1-8,15-18H,9-10,21H2/p+1/t15?,16?,17-,18+. The summed E-state index contributed by atoms with van der Waals surface area (Å²) in [7, 11) is 0. The number of amides is 2. The van der Waals surface area contributed by atoms with Gasteiger partial charge in [0.15, 0.2) is 0 Å². The maximum absolute atomic E-state index is 13.0. The van der Waals surface area contributed by atoms with Gasteiger partial charge in [-0.05, 0) is 22.3 Å². The lowest BCUT2D eigenvalue weighted by Crippen LogP contribution is -2.55. The number of benzene rings is 2. The Bertz CT molecular complexity index is 760. The number of hydrogen-bond acceptors (Lipinski definition) is 2. The molecule has 0 unspecified atom stereocenters. The van der Waals surface area contributed by atoms with Crippen LogP contribution in [0.5, 0.6) is 0 Å². The summed E-state index contributed by atoms with van der Waals surface area (Å²) in [6.07, 6.45) is 0. The number of imide groups is 1. The van der Waals surface area contributed by atoms with E-state index in [1.807, 2.05) is 24.3 Å². The first-order valence-electron chi connectivity index (χ1n) is 8.56. The van der Waals surface area contributed by atoms with Crippen LogP contribution in [0.1, 0.15) is 34.1 Å². The summed E-state index contributed by atoms with van der Waals surface area (Å²) in [6, 6.07) is 16.6. The Labute approximate surface area is 140 Å². The average molecular weight is 319 g/mol. The second kappa shape index (κ2) is 4.77. The van der Waals surface area contributed by atoms with E-state index in [1.165, 1.54) is 27.2 Å². The third-order valence-electron chi connectivity index (χ3n) is 5.92. The predicted octanol–water partition coefficient (Wildman–Crippen LogP) is 1.12. The molecular formula is C20H19N2O2+. The number of quaternary nitrogens is 1. The molecule has 3 N–H and O–H groups in total. The Kier molecular flexibility index (Phi) is 2.77. The minimum absolute atomic E-state index is 0.00124. The monoisotopic (exact) mass is 319 g/mol. The molecule has 0 aromatic heterocycles. The van der Waals surface area contributed by atoms with Gasteiger partial charge in [0.25, 0.3) is 0 Å². The molecule has 2 aromatic rings. The quantitative estimate of drug-likeness (QED) is 0.843. The number of rotatable bonds is 2. The maximum atomic E-state index is 13.0. The Balaban J connectivity index is 1.77. The molecule has 24 heavy (non-hydrogen) atoms. The molecular weight excluding hydrogens is 300 g/mol. The van der Waals surface area contributed by atoms with E-state index in [4.69, 9.17) is 0 Å². The van der Waals surface area contributed by atoms with Gasteiger partial charge in [0.05, 0.1) is 24.9 Å². The van der Waals surface area contributed by atoms with E-state index in [0.29, 0.717) is 13.1 Å². The molecule has 1 saturated heterocycles. The summed E-state index contributed by atoms with van der Waals surface area (Å²) in [6.45, 7) is 0.989. The van der Waals surface area contributed by atoms with Crippen molar-refractivity contribution in [1.82, 2.24) is 4.90 Å². The van der Waals surface area contributed by atoms with Crippen LogP contribution < -0.4 is 5.73 Å².